The first-order valence-electron chi connectivity index (χ1n) is 5.02. The molecule has 1 heterocycles. The molecular formula is C9H16N6O. The molecule has 16 heavy (non-hydrogen) atoms. The molecule has 1 amide bonds. The average Bonchev–Trinajstić information content (AvgIpc) is 2.26. The fourth-order valence-electron chi connectivity index (χ4n) is 1.17. The first kappa shape index (κ1) is 12.2. The SMILES string of the molecule is CCCc1nc(NN)cc(NCC(N)=O)n1. The molecule has 0 radical (unpaired) electrons. The summed E-state index contributed by atoms with van der Waals surface area (Å²) in [5.74, 6) is 6.54. The van der Waals surface area contributed by atoms with Crippen LogP contribution in [-0.2, 0) is 11.2 Å². The third-order valence-electron chi connectivity index (χ3n) is 1.84. The lowest BCUT2D eigenvalue weighted by Gasteiger charge is -2.07. The fraction of sp³-hybridized carbons (Fsp3) is 0.444. The highest BCUT2D eigenvalue weighted by Gasteiger charge is 2.03. The van der Waals surface area contributed by atoms with E-state index in [0.29, 0.717) is 17.5 Å². The average molecular weight is 224 g/mol. The molecule has 7 heteroatoms. The number of nitrogens with two attached hydrogens (primary N) is 2. The second-order valence-corrected chi connectivity index (χ2v) is 3.27. The maximum absolute atomic E-state index is 10.6. The summed E-state index contributed by atoms with van der Waals surface area (Å²) in [5.41, 5.74) is 7.47. The van der Waals surface area contributed by atoms with Gasteiger partial charge < -0.3 is 16.5 Å². The number of anilines is 2. The number of primary amides is 1. The normalized spacial score (nSPS) is 9.88. The number of hydrogen-bond acceptors (Lipinski definition) is 6. The van der Waals surface area contributed by atoms with Crippen molar-refractivity contribution in [3.63, 3.8) is 0 Å². The van der Waals surface area contributed by atoms with Gasteiger partial charge in [-0.05, 0) is 6.42 Å². The number of carbonyl (C=O) groups excluding carboxylic acids is 1. The van der Waals surface area contributed by atoms with Crippen molar-refractivity contribution in [1.29, 1.82) is 0 Å². The monoisotopic (exact) mass is 224 g/mol. The van der Waals surface area contributed by atoms with Gasteiger partial charge >= 0.3 is 0 Å². The molecule has 1 rings (SSSR count). The maximum atomic E-state index is 10.6. The number of hydrazine groups is 1. The van der Waals surface area contributed by atoms with Crippen LogP contribution in [-0.4, -0.2) is 22.4 Å². The Morgan fingerprint density at radius 1 is 1.44 bits per heavy atom. The molecule has 0 aliphatic rings. The highest BCUT2D eigenvalue weighted by Crippen LogP contribution is 2.11. The largest absolute Gasteiger partial charge is 0.368 e. The van der Waals surface area contributed by atoms with Gasteiger partial charge in [0.25, 0.3) is 0 Å². The van der Waals surface area contributed by atoms with Gasteiger partial charge in [-0.3, -0.25) is 4.79 Å². The van der Waals surface area contributed by atoms with E-state index in [2.05, 4.69) is 20.7 Å². The van der Waals surface area contributed by atoms with Gasteiger partial charge in [-0.1, -0.05) is 6.92 Å². The Labute approximate surface area is 93.6 Å². The van der Waals surface area contributed by atoms with E-state index in [1.165, 1.54) is 0 Å². The fourth-order valence-corrected chi connectivity index (χ4v) is 1.17. The summed E-state index contributed by atoms with van der Waals surface area (Å²) >= 11 is 0. The molecule has 0 saturated carbocycles. The summed E-state index contributed by atoms with van der Waals surface area (Å²) in [6.45, 7) is 2.06. The predicted octanol–water partition coefficient (Wildman–Crippen LogP) is -0.388. The molecule has 0 bridgehead atoms. The quantitative estimate of drug-likeness (QED) is 0.386. The number of aromatic nitrogens is 2. The lowest BCUT2D eigenvalue weighted by atomic mass is 10.3. The molecule has 88 valence electrons. The lowest BCUT2D eigenvalue weighted by molar-refractivity contribution is -0.116. The van der Waals surface area contributed by atoms with Gasteiger partial charge in [-0.2, -0.15) is 0 Å². The standard InChI is InChI=1S/C9H16N6O/c1-2-3-7-13-8(12-5-6(10)16)4-9(14-7)15-11/h4H,2-3,5,11H2,1H3,(H2,10,16)(H2,12,13,14,15). The topological polar surface area (TPSA) is 119 Å². The van der Waals surface area contributed by atoms with Gasteiger partial charge in [-0.25, -0.2) is 15.8 Å². The second-order valence-electron chi connectivity index (χ2n) is 3.27. The van der Waals surface area contributed by atoms with Gasteiger partial charge in [-0.15, -0.1) is 0 Å². The van der Waals surface area contributed by atoms with Crippen molar-refractivity contribution in [1.82, 2.24) is 9.97 Å². The summed E-state index contributed by atoms with van der Waals surface area (Å²) in [7, 11) is 0. The Morgan fingerprint density at radius 2 is 2.12 bits per heavy atom. The molecule has 0 fully saturated rings. The maximum Gasteiger partial charge on any atom is 0.236 e. The molecule has 1 aromatic rings. The Morgan fingerprint density at radius 3 is 2.69 bits per heavy atom. The van der Waals surface area contributed by atoms with Crippen molar-refractivity contribution in [3.05, 3.63) is 11.9 Å². The first-order chi connectivity index (χ1) is 7.65. The minimum atomic E-state index is -0.446. The van der Waals surface area contributed by atoms with Crippen LogP contribution in [0.1, 0.15) is 19.2 Å². The smallest absolute Gasteiger partial charge is 0.236 e. The second kappa shape index (κ2) is 5.86. The summed E-state index contributed by atoms with van der Waals surface area (Å²) in [5, 5.41) is 2.80. The number of carbonyl (C=O) groups is 1. The number of nitrogens with zero attached hydrogens (tertiary/aromatic N) is 2. The van der Waals surface area contributed by atoms with E-state index in [4.69, 9.17) is 11.6 Å². The van der Waals surface area contributed by atoms with Crippen LogP contribution >= 0.6 is 0 Å². The van der Waals surface area contributed by atoms with Crippen molar-refractivity contribution in [2.24, 2.45) is 11.6 Å². The predicted molar refractivity (Wildman–Crippen MR) is 61.5 cm³/mol. The van der Waals surface area contributed by atoms with Crippen molar-refractivity contribution < 1.29 is 4.79 Å². The molecule has 0 aliphatic carbocycles. The molecule has 7 nitrogen and oxygen atoms in total. The van der Waals surface area contributed by atoms with E-state index in [1.807, 2.05) is 6.92 Å². The van der Waals surface area contributed by atoms with Crippen LogP contribution in [0.3, 0.4) is 0 Å². The third-order valence-corrected chi connectivity index (χ3v) is 1.84. The molecule has 0 unspecified atom stereocenters. The van der Waals surface area contributed by atoms with Crippen LogP contribution in [0.25, 0.3) is 0 Å². The summed E-state index contributed by atoms with van der Waals surface area (Å²) in [4.78, 5) is 19.0. The Hall–Kier alpha value is -1.89. The number of nitrogen functional groups attached to an aromatic ring is 1. The zero-order valence-corrected chi connectivity index (χ0v) is 9.16. The van der Waals surface area contributed by atoms with Crippen molar-refractivity contribution in [2.45, 2.75) is 19.8 Å². The van der Waals surface area contributed by atoms with Crippen LogP contribution in [0.4, 0.5) is 11.6 Å². The molecule has 6 N–H and O–H groups in total. The Bertz CT molecular complexity index is 367. The number of nitrogens with one attached hydrogen (secondary N) is 2. The molecule has 0 aliphatic heterocycles. The number of amides is 1. The molecule has 0 aromatic carbocycles. The van der Waals surface area contributed by atoms with Gasteiger partial charge in [0.2, 0.25) is 5.91 Å². The van der Waals surface area contributed by atoms with E-state index < -0.39 is 5.91 Å². The zero-order valence-electron chi connectivity index (χ0n) is 9.16. The van der Waals surface area contributed by atoms with Crippen LogP contribution in [0.15, 0.2) is 6.07 Å². The number of rotatable bonds is 6. The highest BCUT2D eigenvalue weighted by molar-refractivity contribution is 5.78. The van der Waals surface area contributed by atoms with E-state index in [0.717, 1.165) is 12.8 Å². The van der Waals surface area contributed by atoms with Gasteiger partial charge in [0, 0.05) is 12.5 Å². The molecule has 0 atom stereocenters. The van der Waals surface area contributed by atoms with Crippen LogP contribution < -0.4 is 22.3 Å². The van der Waals surface area contributed by atoms with Gasteiger partial charge in [0.1, 0.15) is 17.5 Å². The van der Waals surface area contributed by atoms with Crippen LogP contribution in [0.5, 0.6) is 0 Å². The minimum absolute atomic E-state index is 0.0343. The van der Waals surface area contributed by atoms with Crippen LogP contribution in [0, 0.1) is 0 Å². The van der Waals surface area contributed by atoms with E-state index in [9.17, 15) is 4.79 Å². The van der Waals surface area contributed by atoms with Crippen molar-refractivity contribution in [3.8, 4) is 0 Å². The number of aryl methyl sites for hydroxylation is 1. The van der Waals surface area contributed by atoms with Crippen LogP contribution in [0.2, 0.25) is 0 Å². The van der Waals surface area contributed by atoms with Crippen molar-refractivity contribution >= 4 is 17.5 Å². The molecule has 1 aromatic heterocycles. The zero-order chi connectivity index (χ0) is 12.0. The lowest BCUT2D eigenvalue weighted by Crippen LogP contribution is -2.22. The molecule has 0 saturated heterocycles. The van der Waals surface area contributed by atoms with Crippen molar-refractivity contribution in [2.75, 3.05) is 17.3 Å². The number of hydrogen-bond donors (Lipinski definition) is 4. The molecule has 0 spiro atoms. The van der Waals surface area contributed by atoms with E-state index in [-0.39, 0.29) is 6.54 Å². The van der Waals surface area contributed by atoms with Gasteiger partial charge in [0.05, 0.1) is 6.54 Å². The third kappa shape index (κ3) is 3.70. The Kier molecular flexibility index (Phi) is 4.46. The van der Waals surface area contributed by atoms with E-state index >= 15 is 0 Å². The Balaban J connectivity index is 2.81. The van der Waals surface area contributed by atoms with Gasteiger partial charge in [0.15, 0.2) is 0 Å². The summed E-state index contributed by atoms with van der Waals surface area (Å²) < 4.78 is 0. The summed E-state index contributed by atoms with van der Waals surface area (Å²) in [6.07, 6.45) is 1.68. The minimum Gasteiger partial charge on any atom is -0.368 e. The first-order valence-corrected chi connectivity index (χ1v) is 5.02. The molecular weight excluding hydrogens is 208 g/mol. The van der Waals surface area contributed by atoms with E-state index in [1.54, 1.807) is 6.07 Å². The highest BCUT2D eigenvalue weighted by atomic mass is 16.1. The summed E-state index contributed by atoms with van der Waals surface area (Å²) in [6, 6.07) is 1.61.